The number of nitrogens with zero attached hydrogens (tertiary/aromatic N) is 1. The minimum Gasteiger partial charge on any atom is -0.301 e. The maximum absolute atomic E-state index is 2.53. The Labute approximate surface area is 111 Å². The molecular formula is C16H37N. The predicted octanol–water partition coefficient (Wildman–Crippen LogP) is 5.35. The van der Waals surface area contributed by atoms with Gasteiger partial charge in [0.15, 0.2) is 0 Å². The molecule has 1 heteroatoms. The number of hydrogen-bond donors (Lipinski definition) is 0. The van der Waals surface area contributed by atoms with Crippen molar-refractivity contribution < 1.29 is 0 Å². The second-order valence-corrected chi connectivity index (χ2v) is 5.92. The first-order valence-corrected chi connectivity index (χ1v) is 7.69. The Morgan fingerprint density at radius 3 is 1.29 bits per heavy atom. The van der Waals surface area contributed by atoms with Crippen molar-refractivity contribution in [3.63, 3.8) is 0 Å². The third-order valence-corrected chi connectivity index (χ3v) is 2.58. The van der Waals surface area contributed by atoms with Crippen molar-refractivity contribution in [2.24, 2.45) is 5.92 Å². The molecule has 1 aliphatic heterocycles. The van der Waals surface area contributed by atoms with Gasteiger partial charge in [0.2, 0.25) is 0 Å². The lowest BCUT2D eigenvalue weighted by Gasteiger charge is -2.18. The van der Waals surface area contributed by atoms with Crippen LogP contribution in [0.1, 0.15) is 80.6 Å². The average molecular weight is 243 g/mol. The molecule has 0 aromatic rings. The summed E-state index contributed by atoms with van der Waals surface area (Å²) >= 11 is 0. The first kappa shape index (κ1) is 19.3. The Hall–Kier alpha value is -0.0400. The van der Waals surface area contributed by atoms with Gasteiger partial charge in [-0.25, -0.2) is 0 Å². The van der Waals surface area contributed by atoms with Crippen LogP contribution >= 0.6 is 0 Å². The molecular weight excluding hydrogens is 206 g/mol. The van der Waals surface area contributed by atoms with Crippen LogP contribution in [-0.2, 0) is 0 Å². The van der Waals surface area contributed by atoms with Gasteiger partial charge in [-0.2, -0.15) is 0 Å². The number of unbranched alkanes of at least 4 members (excludes halogenated alkanes) is 2. The summed E-state index contributed by atoms with van der Waals surface area (Å²) in [5, 5.41) is 0. The summed E-state index contributed by atoms with van der Waals surface area (Å²) in [4.78, 5) is 2.53. The van der Waals surface area contributed by atoms with Crippen LogP contribution in [0.2, 0.25) is 0 Å². The zero-order valence-electron chi connectivity index (χ0n) is 13.6. The molecule has 0 atom stereocenters. The Bertz CT molecular complexity index is 119. The van der Waals surface area contributed by atoms with Crippen molar-refractivity contribution in [2.45, 2.75) is 86.6 Å². The number of likely N-dealkylation sites (tertiary alicyclic amines) is 1. The van der Waals surface area contributed by atoms with Crippen LogP contribution in [0, 0.1) is 5.92 Å². The molecule has 17 heavy (non-hydrogen) atoms. The van der Waals surface area contributed by atoms with Crippen LogP contribution in [0.25, 0.3) is 0 Å². The molecule has 0 spiro atoms. The minimum atomic E-state index is 0.775. The lowest BCUT2D eigenvalue weighted by Crippen LogP contribution is -2.26. The lowest BCUT2D eigenvalue weighted by atomic mass is 10.3. The highest BCUT2D eigenvalue weighted by atomic mass is 15.2. The summed E-state index contributed by atoms with van der Waals surface area (Å²) in [6.45, 7) is 18.1. The van der Waals surface area contributed by atoms with Gasteiger partial charge >= 0.3 is 0 Å². The van der Waals surface area contributed by atoms with Gasteiger partial charge in [0.25, 0.3) is 0 Å². The molecule has 1 nitrogen and oxygen atoms in total. The summed E-state index contributed by atoms with van der Waals surface area (Å²) in [6.07, 6.45) is 6.91. The van der Waals surface area contributed by atoms with E-state index in [0.717, 1.165) is 12.0 Å². The Kier molecular flexibility index (Phi) is 15.9. The van der Waals surface area contributed by atoms with Crippen LogP contribution < -0.4 is 0 Å². The minimum absolute atomic E-state index is 0.775. The maximum Gasteiger partial charge on any atom is 0.00385 e. The SMILES string of the molecule is CC(C)C.CC(C)N1CCCC1.CCCCC. The molecule has 0 aromatic carbocycles. The van der Waals surface area contributed by atoms with E-state index in [1.54, 1.807) is 0 Å². The van der Waals surface area contributed by atoms with Crippen LogP contribution in [-0.4, -0.2) is 24.0 Å². The Balaban J connectivity index is 0. The third kappa shape index (κ3) is 18.5. The van der Waals surface area contributed by atoms with Crippen LogP contribution in [0.15, 0.2) is 0 Å². The predicted molar refractivity (Wildman–Crippen MR) is 81.7 cm³/mol. The summed E-state index contributed by atoms with van der Waals surface area (Å²) < 4.78 is 0. The second-order valence-electron chi connectivity index (χ2n) is 5.92. The average Bonchev–Trinajstić information content (AvgIpc) is 2.71. The van der Waals surface area contributed by atoms with Crippen molar-refractivity contribution in [1.29, 1.82) is 0 Å². The van der Waals surface area contributed by atoms with E-state index < -0.39 is 0 Å². The van der Waals surface area contributed by atoms with Crippen LogP contribution in [0.3, 0.4) is 0 Å². The van der Waals surface area contributed by atoms with Crippen molar-refractivity contribution >= 4 is 0 Å². The zero-order chi connectivity index (χ0) is 13.7. The molecule has 0 aliphatic carbocycles. The van der Waals surface area contributed by atoms with Gasteiger partial charge < -0.3 is 4.90 Å². The molecule has 1 heterocycles. The fourth-order valence-corrected chi connectivity index (χ4v) is 1.61. The molecule has 1 fully saturated rings. The van der Waals surface area contributed by atoms with Crippen LogP contribution in [0.4, 0.5) is 0 Å². The third-order valence-electron chi connectivity index (χ3n) is 2.58. The highest BCUT2D eigenvalue weighted by Gasteiger charge is 2.13. The van der Waals surface area contributed by atoms with Gasteiger partial charge in [-0.05, 0) is 45.7 Å². The van der Waals surface area contributed by atoms with E-state index in [-0.39, 0.29) is 0 Å². The lowest BCUT2D eigenvalue weighted by molar-refractivity contribution is 0.276. The fourth-order valence-electron chi connectivity index (χ4n) is 1.61. The largest absolute Gasteiger partial charge is 0.301 e. The van der Waals surface area contributed by atoms with Gasteiger partial charge in [-0.3, -0.25) is 0 Å². The smallest absolute Gasteiger partial charge is 0.00385 e. The van der Waals surface area contributed by atoms with Crippen molar-refractivity contribution in [3.8, 4) is 0 Å². The standard InChI is InChI=1S/C7H15N.C5H12.C4H10/c1-7(2)8-5-3-4-6-8;1-3-5-4-2;1-4(2)3/h7H,3-6H2,1-2H3;3-5H2,1-2H3;4H,1-3H3. The topological polar surface area (TPSA) is 3.24 Å². The normalized spacial score (nSPS) is 15.4. The molecule has 0 N–H and O–H groups in total. The summed E-state index contributed by atoms with van der Waals surface area (Å²) in [6, 6.07) is 0.775. The molecule has 0 bridgehead atoms. The molecule has 1 aliphatic rings. The Morgan fingerprint density at radius 2 is 1.18 bits per heavy atom. The second kappa shape index (κ2) is 14.0. The monoisotopic (exact) mass is 243 g/mol. The summed E-state index contributed by atoms with van der Waals surface area (Å²) in [5.74, 6) is 0.833. The molecule has 106 valence electrons. The molecule has 0 saturated carbocycles. The number of hydrogen-bond acceptors (Lipinski definition) is 1. The first-order chi connectivity index (χ1) is 7.95. The van der Waals surface area contributed by atoms with Gasteiger partial charge in [0.05, 0.1) is 0 Å². The quantitative estimate of drug-likeness (QED) is 0.646. The van der Waals surface area contributed by atoms with Crippen molar-refractivity contribution in [2.75, 3.05) is 13.1 Å². The molecule has 1 saturated heterocycles. The van der Waals surface area contributed by atoms with E-state index in [9.17, 15) is 0 Å². The van der Waals surface area contributed by atoms with Gasteiger partial charge in [0, 0.05) is 6.04 Å². The molecule has 0 unspecified atom stereocenters. The first-order valence-electron chi connectivity index (χ1n) is 7.69. The maximum atomic E-state index is 2.53. The summed E-state index contributed by atoms with van der Waals surface area (Å²) in [5.41, 5.74) is 0. The van der Waals surface area contributed by atoms with E-state index in [4.69, 9.17) is 0 Å². The van der Waals surface area contributed by atoms with Gasteiger partial charge in [-0.15, -0.1) is 0 Å². The van der Waals surface area contributed by atoms with E-state index in [1.165, 1.54) is 45.2 Å². The Morgan fingerprint density at radius 1 is 0.824 bits per heavy atom. The molecule has 1 rings (SSSR count). The molecule has 0 radical (unpaired) electrons. The van der Waals surface area contributed by atoms with Crippen molar-refractivity contribution in [3.05, 3.63) is 0 Å². The van der Waals surface area contributed by atoms with Crippen LogP contribution in [0.5, 0.6) is 0 Å². The fraction of sp³-hybridized carbons (Fsp3) is 1.00. The highest BCUT2D eigenvalue weighted by Crippen LogP contribution is 2.09. The summed E-state index contributed by atoms with van der Waals surface area (Å²) in [7, 11) is 0. The van der Waals surface area contributed by atoms with E-state index >= 15 is 0 Å². The number of rotatable bonds is 3. The van der Waals surface area contributed by atoms with E-state index in [2.05, 4.69) is 53.4 Å². The molecule has 0 aromatic heterocycles. The van der Waals surface area contributed by atoms with E-state index in [1.807, 2.05) is 0 Å². The molecule has 0 amide bonds. The van der Waals surface area contributed by atoms with Gasteiger partial charge in [0.1, 0.15) is 0 Å². The van der Waals surface area contributed by atoms with Crippen molar-refractivity contribution in [1.82, 2.24) is 4.90 Å². The highest BCUT2D eigenvalue weighted by molar-refractivity contribution is 4.68. The van der Waals surface area contributed by atoms with Gasteiger partial charge in [-0.1, -0.05) is 53.9 Å². The zero-order valence-corrected chi connectivity index (χ0v) is 13.6. The van der Waals surface area contributed by atoms with E-state index in [0.29, 0.717) is 0 Å².